The third-order valence-corrected chi connectivity index (χ3v) is 3.77. The SMILES string of the molecule is Cc1cccc(CN2CCCC(C(C)N)C2)c1.Cl. The average Bonchev–Trinajstić information content (AvgIpc) is 2.29. The van der Waals surface area contributed by atoms with Gasteiger partial charge in [0.15, 0.2) is 0 Å². The highest BCUT2D eigenvalue weighted by atomic mass is 35.5. The number of piperidine rings is 1. The van der Waals surface area contributed by atoms with Crippen molar-refractivity contribution in [2.75, 3.05) is 13.1 Å². The van der Waals surface area contributed by atoms with Gasteiger partial charge in [0.05, 0.1) is 0 Å². The van der Waals surface area contributed by atoms with Crippen molar-refractivity contribution in [3.8, 4) is 0 Å². The van der Waals surface area contributed by atoms with Crippen molar-refractivity contribution in [1.29, 1.82) is 0 Å². The topological polar surface area (TPSA) is 29.3 Å². The van der Waals surface area contributed by atoms with Crippen LogP contribution in [0.4, 0.5) is 0 Å². The molecule has 0 radical (unpaired) electrons. The van der Waals surface area contributed by atoms with Crippen LogP contribution in [0.1, 0.15) is 30.9 Å². The minimum Gasteiger partial charge on any atom is -0.328 e. The number of hydrogen-bond acceptors (Lipinski definition) is 2. The van der Waals surface area contributed by atoms with Gasteiger partial charge in [-0.3, -0.25) is 4.90 Å². The summed E-state index contributed by atoms with van der Waals surface area (Å²) in [5.41, 5.74) is 8.80. The van der Waals surface area contributed by atoms with Crippen molar-refractivity contribution in [1.82, 2.24) is 4.90 Å². The van der Waals surface area contributed by atoms with Gasteiger partial charge in [-0.05, 0) is 44.7 Å². The fourth-order valence-corrected chi connectivity index (χ4v) is 2.73. The molecule has 1 aromatic rings. The van der Waals surface area contributed by atoms with Gasteiger partial charge in [-0.2, -0.15) is 0 Å². The third-order valence-electron chi connectivity index (χ3n) is 3.77. The molecule has 0 saturated carbocycles. The third kappa shape index (κ3) is 4.27. The van der Waals surface area contributed by atoms with Gasteiger partial charge in [-0.15, -0.1) is 12.4 Å². The zero-order valence-electron chi connectivity index (χ0n) is 11.4. The number of aryl methyl sites for hydroxylation is 1. The van der Waals surface area contributed by atoms with Gasteiger partial charge in [0.1, 0.15) is 0 Å². The van der Waals surface area contributed by atoms with Crippen LogP contribution < -0.4 is 5.73 Å². The van der Waals surface area contributed by atoms with E-state index in [1.165, 1.54) is 30.5 Å². The Balaban J connectivity index is 0.00000162. The number of rotatable bonds is 3. The molecule has 2 nitrogen and oxygen atoms in total. The van der Waals surface area contributed by atoms with Crippen molar-refractivity contribution in [3.05, 3.63) is 35.4 Å². The summed E-state index contributed by atoms with van der Waals surface area (Å²) in [7, 11) is 0. The van der Waals surface area contributed by atoms with Gasteiger partial charge in [-0.1, -0.05) is 29.8 Å². The summed E-state index contributed by atoms with van der Waals surface area (Å²) < 4.78 is 0. The maximum absolute atomic E-state index is 6.02. The minimum absolute atomic E-state index is 0. The van der Waals surface area contributed by atoms with Crippen molar-refractivity contribution in [3.63, 3.8) is 0 Å². The first-order chi connectivity index (χ1) is 8.15. The van der Waals surface area contributed by atoms with Crippen LogP contribution in [-0.4, -0.2) is 24.0 Å². The van der Waals surface area contributed by atoms with Gasteiger partial charge in [0, 0.05) is 19.1 Å². The minimum atomic E-state index is 0. The highest BCUT2D eigenvalue weighted by Gasteiger charge is 2.22. The molecule has 1 saturated heterocycles. The van der Waals surface area contributed by atoms with Gasteiger partial charge in [-0.25, -0.2) is 0 Å². The van der Waals surface area contributed by atoms with E-state index in [0.717, 1.165) is 13.1 Å². The molecule has 2 unspecified atom stereocenters. The summed E-state index contributed by atoms with van der Waals surface area (Å²) in [4.78, 5) is 2.55. The summed E-state index contributed by atoms with van der Waals surface area (Å²) >= 11 is 0. The van der Waals surface area contributed by atoms with Crippen LogP contribution in [0.15, 0.2) is 24.3 Å². The molecule has 0 bridgehead atoms. The van der Waals surface area contributed by atoms with Crippen LogP contribution in [0, 0.1) is 12.8 Å². The molecular formula is C15H25ClN2. The molecular weight excluding hydrogens is 244 g/mol. The highest BCUT2D eigenvalue weighted by molar-refractivity contribution is 5.85. The number of nitrogens with zero attached hydrogens (tertiary/aromatic N) is 1. The lowest BCUT2D eigenvalue weighted by Gasteiger charge is -2.34. The van der Waals surface area contributed by atoms with Gasteiger partial charge in [0.2, 0.25) is 0 Å². The van der Waals surface area contributed by atoms with Gasteiger partial charge in [0.25, 0.3) is 0 Å². The van der Waals surface area contributed by atoms with E-state index in [-0.39, 0.29) is 12.4 Å². The van der Waals surface area contributed by atoms with E-state index in [1.807, 2.05) is 0 Å². The summed E-state index contributed by atoms with van der Waals surface area (Å²) in [6, 6.07) is 9.15. The van der Waals surface area contributed by atoms with E-state index in [0.29, 0.717) is 12.0 Å². The lowest BCUT2D eigenvalue weighted by atomic mass is 9.92. The molecule has 0 amide bonds. The normalized spacial score (nSPS) is 22.3. The van der Waals surface area contributed by atoms with Gasteiger partial charge >= 0.3 is 0 Å². The van der Waals surface area contributed by atoms with E-state index in [9.17, 15) is 0 Å². The number of halogens is 1. The first-order valence-corrected chi connectivity index (χ1v) is 6.68. The predicted molar refractivity (Wildman–Crippen MR) is 80.1 cm³/mol. The molecule has 0 aliphatic carbocycles. The molecule has 0 spiro atoms. The fourth-order valence-electron chi connectivity index (χ4n) is 2.73. The molecule has 1 aromatic carbocycles. The Labute approximate surface area is 117 Å². The average molecular weight is 269 g/mol. The molecule has 1 fully saturated rings. The Hall–Kier alpha value is -0.570. The molecule has 1 aliphatic rings. The van der Waals surface area contributed by atoms with E-state index in [1.54, 1.807) is 0 Å². The molecule has 1 aliphatic heterocycles. The zero-order chi connectivity index (χ0) is 12.3. The first-order valence-electron chi connectivity index (χ1n) is 6.68. The van der Waals surface area contributed by atoms with E-state index in [4.69, 9.17) is 5.73 Å². The van der Waals surface area contributed by atoms with Crippen molar-refractivity contribution < 1.29 is 0 Å². The zero-order valence-corrected chi connectivity index (χ0v) is 12.2. The van der Waals surface area contributed by atoms with E-state index >= 15 is 0 Å². The monoisotopic (exact) mass is 268 g/mol. The van der Waals surface area contributed by atoms with Gasteiger partial charge < -0.3 is 5.73 Å². The number of benzene rings is 1. The van der Waals surface area contributed by atoms with E-state index in [2.05, 4.69) is 43.0 Å². The second-order valence-electron chi connectivity index (χ2n) is 5.49. The van der Waals surface area contributed by atoms with Crippen molar-refractivity contribution >= 4 is 12.4 Å². The van der Waals surface area contributed by atoms with Crippen LogP contribution in [0.2, 0.25) is 0 Å². The standard InChI is InChI=1S/C15H24N2.ClH/c1-12-5-3-6-14(9-12)10-17-8-4-7-15(11-17)13(2)16;/h3,5-6,9,13,15H,4,7-8,10-11,16H2,1-2H3;1H. The molecule has 3 heteroatoms. The molecule has 0 aromatic heterocycles. The Kier molecular flexibility index (Phi) is 6.13. The number of nitrogens with two attached hydrogens (primary N) is 1. The highest BCUT2D eigenvalue weighted by Crippen LogP contribution is 2.20. The molecule has 102 valence electrons. The Morgan fingerprint density at radius 1 is 1.44 bits per heavy atom. The Bertz CT molecular complexity index is 365. The largest absolute Gasteiger partial charge is 0.328 e. The maximum Gasteiger partial charge on any atom is 0.0233 e. The summed E-state index contributed by atoms with van der Waals surface area (Å²) in [5.74, 6) is 0.675. The Morgan fingerprint density at radius 3 is 2.89 bits per heavy atom. The summed E-state index contributed by atoms with van der Waals surface area (Å²) in [5, 5.41) is 0. The second-order valence-corrected chi connectivity index (χ2v) is 5.49. The van der Waals surface area contributed by atoms with Crippen LogP contribution >= 0.6 is 12.4 Å². The molecule has 1 heterocycles. The lowest BCUT2D eigenvalue weighted by molar-refractivity contribution is 0.154. The van der Waals surface area contributed by atoms with Crippen LogP contribution in [0.3, 0.4) is 0 Å². The molecule has 18 heavy (non-hydrogen) atoms. The first kappa shape index (κ1) is 15.5. The Morgan fingerprint density at radius 2 is 2.22 bits per heavy atom. The number of hydrogen-bond donors (Lipinski definition) is 1. The molecule has 2 atom stereocenters. The predicted octanol–water partition coefficient (Wildman–Crippen LogP) is 2.98. The van der Waals surface area contributed by atoms with E-state index < -0.39 is 0 Å². The van der Waals surface area contributed by atoms with Crippen LogP contribution in [-0.2, 0) is 6.54 Å². The maximum atomic E-state index is 6.02. The lowest BCUT2D eigenvalue weighted by Crippen LogP contribution is -2.41. The quantitative estimate of drug-likeness (QED) is 0.913. The fraction of sp³-hybridized carbons (Fsp3) is 0.600. The van der Waals surface area contributed by atoms with Crippen molar-refractivity contribution in [2.45, 2.75) is 39.3 Å². The number of likely N-dealkylation sites (tertiary alicyclic amines) is 1. The summed E-state index contributed by atoms with van der Waals surface area (Å²) in [6.45, 7) is 7.75. The van der Waals surface area contributed by atoms with Crippen molar-refractivity contribution in [2.24, 2.45) is 11.7 Å². The van der Waals surface area contributed by atoms with Crippen LogP contribution in [0.25, 0.3) is 0 Å². The summed E-state index contributed by atoms with van der Waals surface area (Å²) in [6.07, 6.45) is 2.58. The van der Waals surface area contributed by atoms with Crippen LogP contribution in [0.5, 0.6) is 0 Å². The molecule has 2 rings (SSSR count). The molecule has 2 N–H and O–H groups in total. The second kappa shape index (κ2) is 7.13. The smallest absolute Gasteiger partial charge is 0.0233 e.